The van der Waals surface area contributed by atoms with Crippen molar-refractivity contribution in [2.45, 2.75) is 25.7 Å². The van der Waals surface area contributed by atoms with Gasteiger partial charge in [0.25, 0.3) is 5.91 Å². The van der Waals surface area contributed by atoms with Gasteiger partial charge in [-0.15, -0.1) is 0 Å². The predicted molar refractivity (Wildman–Crippen MR) is 159 cm³/mol. The van der Waals surface area contributed by atoms with E-state index in [0.717, 1.165) is 68.0 Å². The van der Waals surface area contributed by atoms with Gasteiger partial charge in [0, 0.05) is 80.7 Å². The van der Waals surface area contributed by atoms with Crippen LogP contribution in [0.3, 0.4) is 0 Å². The molecule has 3 aromatic rings. The van der Waals surface area contributed by atoms with Crippen LogP contribution in [0.25, 0.3) is 11.1 Å². The Kier molecular flexibility index (Phi) is 7.64. The molecular formula is C31H37N7O2. The number of hydrogen-bond acceptors (Lipinski definition) is 8. The van der Waals surface area contributed by atoms with Gasteiger partial charge < -0.3 is 25.3 Å². The first-order valence-corrected chi connectivity index (χ1v) is 14.5. The number of hydrogen-bond donors (Lipinski definition) is 2. The van der Waals surface area contributed by atoms with Crippen LogP contribution >= 0.6 is 0 Å². The van der Waals surface area contributed by atoms with Crippen molar-refractivity contribution in [3.8, 4) is 11.1 Å². The fraction of sp³-hybridized carbons (Fsp3) is 0.419. The van der Waals surface area contributed by atoms with Gasteiger partial charge in [0.1, 0.15) is 11.6 Å². The number of aromatic nitrogens is 2. The lowest BCUT2D eigenvalue weighted by molar-refractivity contribution is 0.0950. The third-order valence-electron chi connectivity index (χ3n) is 8.09. The molecule has 0 atom stereocenters. The summed E-state index contributed by atoms with van der Waals surface area (Å²) in [6.07, 6.45) is 4.82. The van der Waals surface area contributed by atoms with E-state index in [9.17, 15) is 9.59 Å². The number of carbonyl (C=O) groups is 2. The number of ketones is 1. The summed E-state index contributed by atoms with van der Waals surface area (Å²) in [5, 5.41) is 6.55. The summed E-state index contributed by atoms with van der Waals surface area (Å²) in [6, 6.07) is 15.0. The molecule has 1 amide bonds. The Balaban J connectivity index is 1.02. The number of likely N-dealkylation sites (N-methyl/N-ethyl adjacent to an activating group) is 1. The highest BCUT2D eigenvalue weighted by molar-refractivity contribution is 6.24. The van der Waals surface area contributed by atoms with Crippen LogP contribution in [0.15, 0.2) is 48.5 Å². The number of amides is 1. The summed E-state index contributed by atoms with van der Waals surface area (Å²) in [4.78, 5) is 42.4. The van der Waals surface area contributed by atoms with Gasteiger partial charge in [0.05, 0.1) is 0 Å². The number of nitrogens with zero attached hydrogens (tertiary/aromatic N) is 5. The van der Waals surface area contributed by atoms with Gasteiger partial charge in [-0.05, 0) is 44.4 Å². The van der Waals surface area contributed by atoms with E-state index < -0.39 is 0 Å². The van der Waals surface area contributed by atoms with Crippen molar-refractivity contribution in [2.24, 2.45) is 0 Å². The van der Waals surface area contributed by atoms with Gasteiger partial charge in [-0.3, -0.25) is 9.59 Å². The lowest BCUT2D eigenvalue weighted by Gasteiger charge is -2.22. The highest BCUT2D eigenvalue weighted by Crippen LogP contribution is 2.38. The zero-order chi connectivity index (χ0) is 27.5. The molecule has 1 aromatic heterocycles. The largest absolute Gasteiger partial charge is 0.369 e. The maximum Gasteiger partial charge on any atom is 0.251 e. The normalized spacial score (nSPS) is 16.0. The Bertz CT molecular complexity index is 1360. The third kappa shape index (κ3) is 5.38. The zero-order valence-corrected chi connectivity index (χ0v) is 23.2. The molecule has 0 bridgehead atoms. The van der Waals surface area contributed by atoms with Crippen LogP contribution < -0.4 is 20.4 Å². The molecular weight excluding hydrogens is 502 g/mol. The molecule has 9 heteroatoms. The first-order valence-electron chi connectivity index (χ1n) is 14.5. The summed E-state index contributed by atoms with van der Waals surface area (Å²) in [6.45, 7) is 6.92. The third-order valence-corrected chi connectivity index (χ3v) is 8.09. The predicted octanol–water partition coefficient (Wildman–Crippen LogP) is 3.66. The molecule has 9 nitrogen and oxygen atoms in total. The van der Waals surface area contributed by atoms with E-state index >= 15 is 0 Å². The fourth-order valence-corrected chi connectivity index (χ4v) is 5.89. The van der Waals surface area contributed by atoms with Gasteiger partial charge in [-0.25, -0.2) is 0 Å². The zero-order valence-electron chi connectivity index (χ0n) is 23.2. The van der Waals surface area contributed by atoms with Crippen molar-refractivity contribution in [3.05, 3.63) is 65.2 Å². The van der Waals surface area contributed by atoms with Crippen LogP contribution in [-0.2, 0) is 0 Å². The average Bonchev–Trinajstić information content (AvgIpc) is 3.75. The highest BCUT2D eigenvalue weighted by Gasteiger charge is 2.30. The number of carbonyl (C=O) groups excluding carboxylic acids is 2. The SMILES string of the molecule is CN(CCNC(=O)c1cccc2c1-c1ccccc1C2=O)CCNc1cc(N2CCCC2)nc(N2CCCC2)n1. The minimum Gasteiger partial charge on any atom is -0.369 e. The Morgan fingerprint density at radius 3 is 2.30 bits per heavy atom. The standard InChI is InChI=1S/C31H37N7O2/c1-36(19-13-32-26-21-27(37-15-4-5-16-37)35-31(34-26)38-17-6-7-18-38)20-14-33-30(40)25-12-8-11-24-28(25)22-9-2-3-10-23(22)29(24)39/h2-3,8-12,21H,4-7,13-20H2,1H3,(H,33,40)(H,32,34,35). The number of fused-ring (bicyclic) bond motifs is 3. The first-order chi connectivity index (χ1) is 19.6. The molecule has 3 heterocycles. The van der Waals surface area contributed by atoms with Crippen LogP contribution in [0, 0.1) is 0 Å². The summed E-state index contributed by atoms with van der Waals surface area (Å²) in [7, 11) is 2.05. The molecule has 1 aliphatic carbocycles. The molecule has 3 aliphatic rings. The lowest BCUT2D eigenvalue weighted by atomic mass is 9.99. The molecule has 0 saturated carbocycles. The quantitative estimate of drug-likeness (QED) is 0.315. The van der Waals surface area contributed by atoms with Crippen LogP contribution in [0.5, 0.6) is 0 Å². The number of benzene rings is 2. The average molecular weight is 540 g/mol. The molecule has 6 rings (SSSR count). The molecule has 0 spiro atoms. The van der Waals surface area contributed by atoms with Gasteiger partial charge >= 0.3 is 0 Å². The maximum absolute atomic E-state index is 13.1. The van der Waals surface area contributed by atoms with Crippen LogP contribution in [-0.4, -0.2) is 86.0 Å². The van der Waals surface area contributed by atoms with Gasteiger partial charge in [-0.2, -0.15) is 9.97 Å². The van der Waals surface area contributed by atoms with Gasteiger partial charge in [-0.1, -0.05) is 36.4 Å². The minimum absolute atomic E-state index is 0.0173. The van der Waals surface area contributed by atoms with Crippen molar-refractivity contribution in [1.29, 1.82) is 0 Å². The van der Waals surface area contributed by atoms with E-state index in [1.807, 2.05) is 31.3 Å². The maximum atomic E-state index is 13.1. The number of rotatable bonds is 10. The monoisotopic (exact) mass is 539 g/mol. The molecule has 2 N–H and O–H groups in total. The molecule has 208 valence electrons. The van der Waals surface area contributed by atoms with Gasteiger partial charge in [0.2, 0.25) is 5.95 Å². The first kappa shape index (κ1) is 26.3. The van der Waals surface area contributed by atoms with Crippen molar-refractivity contribution in [3.63, 3.8) is 0 Å². The van der Waals surface area contributed by atoms with Crippen LogP contribution in [0.1, 0.15) is 52.0 Å². The number of nitrogens with one attached hydrogen (secondary N) is 2. The molecule has 2 aromatic carbocycles. The van der Waals surface area contributed by atoms with E-state index in [1.54, 1.807) is 18.2 Å². The second-order valence-corrected chi connectivity index (χ2v) is 10.9. The van der Waals surface area contributed by atoms with Crippen LogP contribution in [0.4, 0.5) is 17.6 Å². The second kappa shape index (κ2) is 11.6. The van der Waals surface area contributed by atoms with E-state index in [2.05, 4.69) is 31.4 Å². The molecule has 40 heavy (non-hydrogen) atoms. The van der Waals surface area contributed by atoms with E-state index in [1.165, 1.54) is 25.7 Å². The van der Waals surface area contributed by atoms with E-state index in [0.29, 0.717) is 29.8 Å². The second-order valence-electron chi connectivity index (χ2n) is 10.9. The lowest BCUT2D eigenvalue weighted by Crippen LogP contribution is -2.35. The molecule has 2 fully saturated rings. The van der Waals surface area contributed by atoms with Crippen molar-refractivity contribution < 1.29 is 9.59 Å². The fourth-order valence-electron chi connectivity index (χ4n) is 5.89. The topological polar surface area (TPSA) is 93.7 Å². The summed E-state index contributed by atoms with van der Waals surface area (Å²) < 4.78 is 0. The van der Waals surface area contributed by atoms with Crippen molar-refractivity contribution in [2.75, 3.05) is 74.5 Å². The summed E-state index contributed by atoms with van der Waals surface area (Å²) in [5.74, 6) is 2.55. The smallest absolute Gasteiger partial charge is 0.251 e. The van der Waals surface area contributed by atoms with Crippen molar-refractivity contribution >= 4 is 29.3 Å². The van der Waals surface area contributed by atoms with Gasteiger partial charge in [0.15, 0.2) is 5.78 Å². The van der Waals surface area contributed by atoms with Crippen molar-refractivity contribution in [1.82, 2.24) is 20.2 Å². The van der Waals surface area contributed by atoms with Crippen LogP contribution in [0.2, 0.25) is 0 Å². The Hall–Kier alpha value is -3.98. The van der Waals surface area contributed by atoms with E-state index in [4.69, 9.17) is 9.97 Å². The molecule has 2 saturated heterocycles. The summed E-state index contributed by atoms with van der Waals surface area (Å²) >= 11 is 0. The summed E-state index contributed by atoms with van der Waals surface area (Å²) in [5.41, 5.74) is 3.38. The Morgan fingerprint density at radius 2 is 1.52 bits per heavy atom. The molecule has 0 unspecified atom stereocenters. The Labute approximate surface area is 235 Å². The highest BCUT2D eigenvalue weighted by atomic mass is 16.1. The minimum atomic E-state index is -0.155. The Morgan fingerprint density at radius 1 is 0.850 bits per heavy atom. The molecule has 2 aliphatic heterocycles. The molecule has 0 radical (unpaired) electrons. The van der Waals surface area contributed by atoms with E-state index in [-0.39, 0.29) is 11.7 Å². The number of anilines is 3.